The molecule has 0 aliphatic heterocycles. The van der Waals surface area contributed by atoms with E-state index in [1.807, 2.05) is 19.3 Å². The lowest BCUT2D eigenvalue weighted by atomic mass is 10.2. The smallest absolute Gasteiger partial charge is 0.255 e. The summed E-state index contributed by atoms with van der Waals surface area (Å²) in [6.07, 6.45) is 2.48. The van der Waals surface area contributed by atoms with Crippen LogP contribution in [-0.4, -0.2) is 27.3 Å². The second kappa shape index (κ2) is 5.75. The molecule has 19 heavy (non-hydrogen) atoms. The second-order valence-electron chi connectivity index (χ2n) is 4.15. The molecule has 1 amide bonds. The number of hydrogen-bond donors (Lipinski definition) is 2. The van der Waals surface area contributed by atoms with Crippen LogP contribution in [0.5, 0.6) is 5.75 Å². The predicted octanol–water partition coefficient (Wildman–Crippen LogP) is 1.75. The summed E-state index contributed by atoms with van der Waals surface area (Å²) in [6.45, 7) is 0.446. The molecule has 1 heterocycles. The summed E-state index contributed by atoms with van der Waals surface area (Å²) in [7, 11) is 1.84. The first-order valence-corrected chi connectivity index (χ1v) is 6.19. The minimum atomic E-state index is -0.351. The van der Waals surface area contributed by atoms with Gasteiger partial charge in [-0.3, -0.25) is 9.48 Å². The van der Waals surface area contributed by atoms with Crippen molar-refractivity contribution < 1.29 is 9.90 Å². The average Bonchev–Trinajstić information content (AvgIpc) is 2.78. The van der Waals surface area contributed by atoms with Crippen molar-refractivity contribution in [2.24, 2.45) is 7.05 Å². The number of phenols is 1. The number of aromatic hydroxyl groups is 1. The highest BCUT2D eigenvalue weighted by atomic mass is 35.5. The van der Waals surface area contributed by atoms with E-state index < -0.39 is 0 Å². The van der Waals surface area contributed by atoms with Crippen LogP contribution in [0, 0.1) is 0 Å². The Balaban J connectivity index is 1.92. The molecule has 0 saturated carbocycles. The van der Waals surface area contributed by atoms with Crippen LogP contribution in [0.3, 0.4) is 0 Å². The quantitative estimate of drug-likeness (QED) is 0.896. The molecule has 5 nitrogen and oxygen atoms in total. The molecule has 2 rings (SSSR count). The molecule has 0 unspecified atom stereocenters. The third kappa shape index (κ3) is 3.48. The first-order chi connectivity index (χ1) is 9.06. The molecule has 0 saturated heterocycles. The van der Waals surface area contributed by atoms with Crippen molar-refractivity contribution in [2.75, 3.05) is 6.54 Å². The molecule has 100 valence electrons. The predicted molar refractivity (Wildman–Crippen MR) is 72.4 cm³/mol. The number of benzene rings is 1. The number of carbonyl (C=O) groups is 1. The fourth-order valence-electron chi connectivity index (χ4n) is 1.69. The third-order valence-electron chi connectivity index (χ3n) is 2.64. The van der Waals surface area contributed by atoms with Gasteiger partial charge < -0.3 is 10.4 Å². The van der Waals surface area contributed by atoms with Crippen molar-refractivity contribution in [1.82, 2.24) is 15.1 Å². The van der Waals surface area contributed by atoms with Gasteiger partial charge in [-0.15, -0.1) is 0 Å². The van der Waals surface area contributed by atoms with Gasteiger partial charge in [0.05, 0.1) is 11.3 Å². The zero-order chi connectivity index (χ0) is 13.8. The summed E-state index contributed by atoms with van der Waals surface area (Å²) in [5, 5.41) is 16.9. The third-order valence-corrected chi connectivity index (χ3v) is 2.87. The van der Waals surface area contributed by atoms with E-state index in [0.29, 0.717) is 18.0 Å². The fourth-order valence-corrected chi connectivity index (χ4v) is 1.86. The molecule has 1 aromatic carbocycles. The lowest BCUT2D eigenvalue weighted by Gasteiger charge is -2.06. The number of rotatable bonds is 4. The van der Waals surface area contributed by atoms with Crippen molar-refractivity contribution in [1.29, 1.82) is 0 Å². The molecule has 2 N–H and O–H groups in total. The Kier molecular flexibility index (Phi) is 4.06. The first kappa shape index (κ1) is 13.4. The van der Waals surface area contributed by atoms with E-state index in [-0.39, 0.29) is 17.2 Å². The molecular formula is C13H14ClN3O2. The van der Waals surface area contributed by atoms with Crippen molar-refractivity contribution in [3.63, 3.8) is 0 Å². The number of nitrogens with zero attached hydrogens (tertiary/aromatic N) is 2. The first-order valence-electron chi connectivity index (χ1n) is 5.81. The summed E-state index contributed by atoms with van der Waals surface area (Å²) in [4.78, 5) is 11.9. The standard InChI is InChI=1S/C13H14ClN3O2/c1-17-7-5-10(16-17)4-6-15-13(19)11-8-9(14)2-3-12(11)18/h2-3,5,7-8,18H,4,6H2,1H3,(H,15,19). The topological polar surface area (TPSA) is 67.2 Å². The van der Waals surface area contributed by atoms with Crippen molar-refractivity contribution in [3.8, 4) is 5.75 Å². The molecule has 1 aromatic heterocycles. The Morgan fingerprint density at radius 3 is 2.95 bits per heavy atom. The number of hydrogen-bond acceptors (Lipinski definition) is 3. The zero-order valence-corrected chi connectivity index (χ0v) is 11.2. The summed E-state index contributed by atoms with van der Waals surface area (Å²) >= 11 is 5.79. The molecule has 0 spiro atoms. The van der Waals surface area contributed by atoms with Gasteiger partial charge in [0.1, 0.15) is 5.75 Å². The summed E-state index contributed by atoms with van der Waals surface area (Å²) in [5.41, 5.74) is 1.08. The molecule has 0 aliphatic rings. The number of amides is 1. The number of aromatic nitrogens is 2. The van der Waals surface area contributed by atoms with Crippen molar-refractivity contribution >= 4 is 17.5 Å². The largest absolute Gasteiger partial charge is 0.507 e. The number of aryl methyl sites for hydroxylation is 1. The highest BCUT2D eigenvalue weighted by molar-refractivity contribution is 6.31. The number of carbonyl (C=O) groups excluding carboxylic acids is 1. The van der Waals surface area contributed by atoms with Crippen LogP contribution in [0.15, 0.2) is 30.5 Å². The normalized spacial score (nSPS) is 10.4. The van der Waals surface area contributed by atoms with Crippen LogP contribution >= 0.6 is 11.6 Å². The van der Waals surface area contributed by atoms with Crippen molar-refractivity contribution in [3.05, 3.63) is 46.7 Å². The molecule has 0 aliphatic carbocycles. The van der Waals surface area contributed by atoms with E-state index in [9.17, 15) is 9.90 Å². The maximum Gasteiger partial charge on any atom is 0.255 e. The molecule has 0 atom stereocenters. The van der Waals surface area contributed by atoms with Crippen LogP contribution in [-0.2, 0) is 13.5 Å². The maximum atomic E-state index is 11.9. The van der Waals surface area contributed by atoms with Gasteiger partial charge >= 0.3 is 0 Å². The lowest BCUT2D eigenvalue weighted by molar-refractivity contribution is 0.0951. The van der Waals surface area contributed by atoms with E-state index in [1.54, 1.807) is 4.68 Å². The monoisotopic (exact) mass is 279 g/mol. The van der Waals surface area contributed by atoms with Crippen LogP contribution in [0.1, 0.15) is 16.1 Å². The summed E-state index contributed by atoms with van der Waals surface area (Å²) in [6, 6.07) is 6.26. The minimum Gasteiger partial charge on any atom is -0.507 e. The number of phenolic OH excluding ortho intramolecular Hbond substituents is 1. The second-order valence-corrected chi connectivity index (χ2v) is 4.58. The van der Waals surface area contributed by atoms with Gasteiger partial charge in [0, 0.05) is 31.2 Å². The lowest BCUT2D eigenvalue weighted by Crippen LogP contribution is -2.25. The van der Waals surface area contributed by atoms with Gasteiger partial charge in [0.25, 0.3) is 5.91 Å². The van der Waals surface area contributed by atoms with Gasteiger partial charge in [0.15, 0.2) is 0 Å². The molecule has 0 fully saturated rings. The van der Waals surface area contributed by atoms with Gasteiger partial charge in [-0.1, -0.05) is 11.6 Å². The van der Waals surface area contributed by atoms with E-state index in [4.69, 9.17) is 11.6 Å². The van der Waals surface area contributed by atoms with E-state index in [0.717, 1.165) is 5.69 Å². The highest BCUT2D eigenvalue weighted by Crippen LogP contribution is 2.21. The fraction of sp³-hybridized carbons (Fsp3) is 0.231. The highest BCUT2D eigenvalue weighted by Gasteiger charge is 2.11. The van der Waals surface area contributed by atoms with Crippen LogP contribution in [0.25, 0.3) is 0 Å². The molecule has 6 heteroatoms. The molecule has 0 radical (unpaired) electrons. The summed E-state index contributed by atoms with van der Waals surface area (Å²) in [5.74, 6) is -0.435. The summed E-state index contributed by atoms with van der Waals surface area (Å²) < 4.78 is 1.71. The Bertz CT molecular complexity index is 595. The Hall–Kier alpha value is -2.01. The number of nitrogens with one attached hydrogen (secondary N) is 1. The van der Waals surface area contributed by atoms with Gasteiger partial charge in [0.2, 0.25) is 0 Å². The molecule has 2 aromatic rings. The number of halogens is 1. The van der Waals surface area contributed by atoms with Gasteiger partial charge in [-0.05, 0) is 24.3 Å². The molecular weight excluding hydrogens is 266 g/mol. The Labute approximate surface area is 115 Å². The van der Waals surface area contributed by atoms with Gasteiger partial charge in [-0.2, -0.15) is 5.10 Å². The van der Waals surface area contributed by atoms with Crippen LogP contribution < -0.4 is 5.32 Å². The van der Waals surface area contributed by atoms with E-state index in [1.165, 1.54) is 18.2 Å². The van der Waals surface area contributed by atoms with Crippen molar-refractivity contribution in [2.45, 2.75) is 6.42 Å². The SMILES string of the molecule is Cn1ccc(CCNC(=O)c2cc(Cl)ccc2O)n1. The maximum absolute atomic E-state index is 11.9. The van der Waals surface area contributed by atoms with E-state index in [2.05, 4.69) is 10.4 Å². The van der Waals surface area contributed by atoms with Crippen LogP contribution in [0.2, 0.25) is 5.02 Å². The Morgan fingerprint density at radius 1 is 1.47 bits per heavy atom. The van der Waals surface area contributed by atoms with Gasteiger partial charge in [-0.25, -0.2) is 0 Å². The van der Waals surface area contributed by atoms with E-state index >= 15 is 0 Å². The average molecular weight is 280 g/mol. The Morgan fingerprint density at radius 2 is 2.26 bits per heavy atom. The minimum absolute atomic E-state index is 0.0836. The zero-order valence-electron chi connectivity index (χ0n) is 10.4. The molecule has 0 bridgehead atoms. The van der Waals surface area contributed by atoms with Crippen LogP contribution in [0.4, 0.5) is 0 Å².